The smallest absolute Gasteiger partial charge is 0.238 e. The van der Waals surface area contributed by atoms with Gasteiger partial charge in [-0.15, -0.1) is 11.6 Å². The number of halogens is 1. The van der Waals surface area contributed by atoms with E-state index in [-0.39, 0.29) is 0 Å². The topological polar surface area (TPSA) is 40.9 Å². The maximum Gasteiger partial charge on any atom is 0.238 e. The van der Waals surface area contributed by atoms with E-state index in [0.29, 0.717) is 18.7 Å². The van der Waals surface area contributed by atoms with E-state index in [1.807, 2.05) is 0 Å². The van der Waals surface area contributed by atoms with Crippen LogP contribution in [0.15, 0.2) is 0 Å². The molecule has 2 nitrogen and oxygen atoms in total. The van der Waals surface area contributed by atoms with Crippen LogP contribution in [0.25, 0.3) is 0 Å². The Bertz CT molecular complexity index is 64.7. The molecule has 41 valence electrons. The summed E-state index contributed by atoms with van der Waals surface area (Å²) in [6, 6.07) is 0. The molecular formula is C4H7ClNO. The van der Waals surface area contributed by atoms with Crippen molar-refractivity contribution in [1.82, 2.24) is 5.73 Å². The van der Waals surface area contributed by atoms with Gasteiger partial charge in [0.25, 0.3) is 0 Å². The second-order valence-corrected chi connectivity index (χ2v) is 1.59. The Morgan fingerprint density at radius 3 is 2.43 bits per heavy atom. The molecule has 0 fully saturated rings. The monoisotopic (exact) mass is 120 g/mol. The number of hydrogen-bond acceptors (Lipinski definition) is 1. The van der Waals surface area contributed by atoms with Crippen molar-refractivity contribution in [2.24, 2.45) is 0 Å². The van der Waals surface area contributed by atoms with E-state index in [4.69, 9.17) is 17.3 Å². The Kier molecular flexibility index (Phi) is 3.80. The van der Waals surface area contributed by atoms with Gasteiger partial charge in [-0.1, -0.05) is 0 Å². The number of hydrogen-bond donors (Lipinski definition) is 0. The number of alkyl halides is 1. The van der Waals surface area contributed by atoms with Crippen molar-refractivity contribution in [3.05, 3.63) is 0 Å². The van der Waals surface area contributed by atoms with Gasteiger partial charge in [0.2, 0.25) is 5.91 Å². The molecule has 1 N–H and O–H groups in total. The van der Waals surface area contributed by atoms with Crippen LogP contribution in [0.1, 0.15) is 12.8 Å². The lowest BCUT2D eigenvalue weighted by atomic mass is 10.3. The van der Waals surface area contributed by atoms with E-state index < -0.39 is 5.91 Å². The molecule has 0 aliphatic heterocycles. The Labute approximate surface area is 47.6 Å². The van der Waals surface area contributed by atoms with Gasteiger partial charge in [0.15, 0.2) is 0 Å². The fourth-order valence-electron chi connectivity index (χ4n) is 0.227. The predicted octanol–water partition coefficient (Wildman–Crippen LogP) is 0.815. The highest BCUT2D eigenvalue weighted by atomic mass is 35.5. The average molecular weight is 121 g/mol. The molecule has 1 radical (unpaired) electrons. The van der Waals surface area contributed by atoms with Crippen molar-refractivity contribution in [1.29, 1.82) is 0 Å². The third-order valence-corrected chi connectivity index (χ3v) is 0.805. The van der Waals surface area contributed by atoms with Gasteiger partial charge >= 0.3 is 0 Å². The van der Waals surface area contributed by atoms with Crippen molar-refractivity contribution in [2.45, 2.75) is 12.8 Å². The first-order valence-corrected chi connectivity index (χ1v) is 2.61. The summed E-state index contributed by atoms with van der Waals surface area (Å²) in [6.45, 7) is 0. The van der Waals surface area contributed by atoms with Crippen LogP contribution in [0.4, 0.5) is 0 Å². The standard InChI is InChI=1S/C4H7ClNO/c5-3-1-2-4(6)7/h6H,1-3H2. The van der Waals surface area contributed by atoms with Gasteiger partial charge in [-0.25, -0.2) is 0 Å². The van der Waals surface area contributed by atoms with Gasteiger partial charge in [0, 0.05) is 12.3 Å². The molecule has 0 unspecified atom stereocenters. The van der Waals surface area contributed by atoms with Crippen molar-refractivity contribution >= 4 is 17.5 Å². The summed E-state index contributed by atoms with van der Waals surface area (Å²) in [5, 5.41) is 0. The Morgan fingerprint density at radius 2 is 2.29 bits per heavy atom. The fraction of sp³-hybridized carbons (Fsp3) is 0.750. The van der Waals surface area contributed by atoms with Crippen LogP contribution in [0, 0.1) is 0 Å². The van der Waals surface area contributed by atoms with Crippen molar-refractivity contribution in [2.75, 3.05) is 5.88 Å². The predicted molar refractivity (Wildman–Crippen MR) is 28.1 cm³/mol. The zero-order chi connectivity index (χ0) is 5.70. The highest BCUT2D eigenvalue weighted by Crippen LogP contribution is 1.89. The number of carbonyl (C=O) groups is 1. The molecule has 0 aliphatic rings. The van der Waals surface area contributed by atoms with Gasteiger partial charge in [-0.2, -0.15) is 0 Å². The SMILES string of the molecule is [NH]C(=O)CCCCl. The maximum atomic E-state index is 9.81. The first kappa shape index (κ1) is 6.76. The average Bonchev–Trinajstić information content (AvgIpc) is 1.61. The van der Waals surface area contributed by atoms with Crippen LogP contribution < -0.4 is 5.73 Å². The summed E-state index contributed by atoms with van der Waals surface area (Å²) >= 11 is 5.21. The van der Waals surface area contributed by atoms with Gasteiger partial charge in [-0.3, -0.25) is 10.5 Å². The van der Waals surface area contributed by atoms with Crippen molar-refractivity contribution in [3.8, 4) is 0 Å². The summed E-state index contributed by atoms with van der Waals surface area (Å²) in [6.07, 6.45) is 0.924. The molecular weight excluding hydrogens is 114 g/mol. The number of rotatable bonds is 3. The summed E-state index contributed by atoms with van der Waals surface area (Å²) in [5.74, 6) is -0.0504. The molecule has 0 aliphatic carbocycles. The quantitative estimate of drug-likeness (QED) is 0.509. The van der Waals surface area contributed by atoms with Crippen LogP contribution >= 0.6 is 11.6 Å². The molecule has 0 saturated carbocycles. The van der Waals surface area contributed by atoms with E-state index in [2.05, 4.69) is 0 Å². The third kappa shape index (κ3) is 5.76. The molecule has 0 aromatic heterocycles. The lowest BCUT2D eigenvalue weighted by Crippen LogP contribution is -1.96. The van der Waals surface area contributed by atoms with Crippen molar-refractivity contribution < 1.29 is 4.79 Å². The second-order valence-electron chi connectivity index (χ2n) is 1.22. The van der Waals surface area contributed by atoms with Crippen LogP contribution in [0.5, 0.6) is 0 Å². The van der Waals surface area contributed by atoms with E-state index >= 15 is 0 Å². The first-order chi connectivity index (χ1) is 3.27. The van der Waals surface area contributed by atoms with Crippen LogP contribution in [-0.4, -0.2) is 11.8 Å². The molecule has 1 amide bonds. The van der Waals surface area contributed by atoms with Gasteiger partial charge < -0.3 is 0 Å². The molecule has 0 bridgehead atoms. The van der Waals surface area contributed by atoms with E-state index in [0.717, 1.165) is 0 Å². The number of amides is 1. The van der Waals surface area contributed by atoms with E-state index in [9.17, 15) is 4.79 Å². The summed E-state index contributed by atoms with van der Waals surface area (Å²) in [7, 11) is 0. The minimum atomic E-state index is -0.527. The van der Waals surface area contributed by atoms with Crippen LogP contribution in [-0.2, 0) is 4.79 Å². The molecule has 7 heavy (non-hydrogen) atoms. The van der Waals surface area contributed by atoms with E-state index in [1.54, 1.807) is 0 Å². The molecule has 3 heteroatoms. The van der Waals surface area contributed by atoms with Crippen LogP contribution in [0.2, 0.25) is 0 Å². The lowest BCUT2D eigenvalue weighted by molar-refractivity contribution is -0.118. The van der Waals surface area contributed by atoms with Gasteiger partial charge in [-0.05, 0) is 6.42 Å². The Morgan fingerprint density at radius 1 is 1.71 bits per heavy atom. The fourth-order valence-corrected chi connectivity index (χ4v) is 0.361. The Hall–Kier alpha value is -0.240. The Balaban J connectivity index is 2.82. The molecule has 0 aromatic rings. The summed E-state index contributed by atoms with van der Waals surface area (Å²) in [4.78, 5) is 9.81. The first-order valence-electron chi connectivity index (χ1n) is 2.07. The van der Waals surface area contributed by atoms with Gasteiger partial charge in [0.05, 0.1) is 0 Å². The van der Waals surface area contributed by atoms with Crippen LogP contribution in [0.3, 0.4) is 0 Å². The lowest BCUT2D eigenvalue weighted by Gasteiger charge is -1.84. The molecule has 0 aromatic carbocycles. The summed E-state index contributed by atoms with van der Waals surface area (Å²) in [5.41, 5.74) is 6.38. The zero-order valence-corrected chi connectivity index (χ0v) is 4.66. The maximum absolute atomic E-state index is 9.81. The second kappa shape index (κ2) is 3.93. The normalized spacial score (nSPS) is 8.71. The molecule has 0 spiro atoms. The zero-order valence-electron chi connectivity index (χ0n) is 3.91. The minimum absolute atomic E-state index is 0.295. The highest BCUT2D eigenvalue weighted by Gasteiger charge is 1.90. The molecule has 0 heterocycles. The van der Waals surface area contributed by atoms with E-state index in [1.165, 1.54) is 0 Å². The molecule has 0 saturated heterocycles. The molecule has 0 atom stereocenters. The largest absolute Gasteiger partial charge is 0.273 e. The third-order valence-electron chi connectivity index (χ3n) is 0.537. The minimum Gasteiger partial charge on any atom is -0.273 e. The number of nitrogens with one attached hydrogen (secondary N) is 1. The summed E-state index contributed by atoms with van der Waals surface area (Å²) < 4.78 is 0. The van der Waals surface area contributed by atoms with Gasteiger partial charge in [0.1, 0.15) is 0 Å². The molecule has 0 rings (SSSR count). The van der Waals surface area contributed by atoms with Crippen molar-refractivity contribution in [3.63, 3.8) is 0 Å². The number of carbonyl (C=O) groups excluding carboxylic acids is 1. The highest BCUT2D eigenvalue weighted by molar-refractivity contribution is 6.17.